The zero-order chi connectivity index (χ0) is 18.7. The molecular formula is C18H16N2O6. The van der Waals surface area contributed by atoms with Gasteiger partial charge in [-0.25, -0.2) is 4.79 Å². The molecule has 0 atom stereocenters. The molecule has 0 saturated carbocycles. The minimum Gasteiger partial charge on any atom is -0.493 e. The summed E-state index contributed by atoms with van der Waals surface area (Å²) in [5.74, 6) is -0.256. The van der Waals surface area contributed by atoms with Crippen molar-refractivity contribution in [2.45, 2.75) is 6.54 Å². The first kappa shape index (κ1) is 17.3. The lowest BCUT2D eigenvalue weighted by Crippen LogP contribution is -2.53. The highest BCUT2D eigenvalue weighted by Gasteiger charge is 2.36. The van der Waals surface area contributed by atoms with E-state index in [0.717, 1.165) is 4.90 Å². The summed E-state index contributed by atoms with van der Waals surface area (Å²) in [6.45, 7) is -0.0858. The van der Waals surface area contributed by atoms with Crippen LogP contribution in [-0.4, -0.2) is 37.0 Å². The second kappa shape index (κ2) is 7.14. The maximum absolute atomic E-state index is 12.7. The predicted octanol–water partition coefficient (Wildman–Crippen LogP) is 1.96. The Hall–Kier alpha value is -3.55. The first-order valence-corrected chi connectivity index (χ1v) is 7.67. The van der Waals surface area contributed by atoms with Crippen molar-refractivity contribution in [2.24, 2.45) is 0 Å². The Morgan fingerprint density at radius 3 is 2.58 bits per heavy atom. The number of nitrogens with zero attached hydrogens (tertiary/aromatic N) is 1. The molecule has 1 N–H and O–H groups in total. The van der Waals surface area contributed by atoms with E-state index in [4.69, 9.17) is 13.9 Å². The number of carbonyl (C=O) groups excluding carboxylic acids is 3. The van der Waals surface area contributed by atoms with Crippen LogP contribution in [0.3, 0.4) is 0 Å². The van der Waals surface area contributed by atoms with Crippen LogP contribution in [0.2, 0.25) is 0 Å². The topological polar surface area (TPSA) is 98.1 Å². The van der Waals surface area contributed by atoms with Gasteiger partial charge in [-0.2, -0.15) is 0 Å². The molecule has 1 aromatic heterocycles. The number of ether oxygens (including phenoxy) is 2. The number of hydrogen-bond donors (Lipinski definition) is 1. The average molecular weight is 356 g/mol. The summed E-state index contributed by atoms with van der Waals surface area (Å²) < 4.78 is 15.7. The molecule has 0 bridgehead atoms. The van der Waals surface area contributed by atoms with Crippen LogP contribution >= 0.6 is 0 Å². The first-order chi connectivity index (χ1) is 12.5. The number of para-hydroxylation sites is 1. The van der Waals surface area contributed by atoms with E-state index in [0.29, 0.717) is 22.8 Å². The SMILES string of the molecule is COc1cccc(/C=C2\C(=O)NC(=O)N(Cc3ccco3)C2=O)c1OC. The van der Waals surface area contributed by atoms with E-state index < -0.39 is 17.8 Å². The second-order valence-corrected chi connectivity index (χ2v) is 5.37. The summed E-state index contributed by atoms with van der Waals surface area (Å²) in [5, 5.41) is 2.15. The van der Waals surface area contributed by atoms with Crippen LogP contribution in [0.5, 0.6) is 11.5 Å². The summed E-state index contributed by atoms with van der Waals surface area (Å²) in [6, 6.07) is 7.53. The maximum atomic E-state index is 12.7. The van der Waals surface area contributed by atoms with Gasteiger partial charge in [0, 0.05) is 5.56 Å². The number of hydrogen-bond acceptors (Lipinski definition) is 6. The molecule has 2 heterocycles. The zero-order valence-corrected chi connectivity index (χ0v) is 14.1. The molecule has 3 rings (SSSR count). The number of imide groups is 2. The monoisotopic (exact) mass is 356 g/mol. The highest BCUT2D eigenvalue weighted by atomic mass is 16.5. The lowest BCUT2D eigenvalue weighted by atomic mass is 10.1. The molecule has 1 fully saturated rings. The molecule has 8 nitrogen and oxygen atoms in total. The van der Waals surface area contributed by atoms with Crippen molar-refractivity contribution in [2.75, 3.05) is 14.2 Å². The van der Waals surface area contributed by atoms with Gasteiger partial charge >= 0.3 is 6.03 Å². The lowest BCUT2D eigenvalue weighted by molar-refractivity contribution is -0.130. The number of methoxy groups -OCH3 is 2. The Morgan fingerprint density at radius 2 is 1.92 bits per heavy atom. The molecular weight excluding hydrogens is 340 g/mol. The van der Waals surface area contributed by atoms with Gasteiger partial charge in [-0.3, -0.25) is 19.8 Å². The van der Waals surface area contributed by atoms with Crippen molar-refractivity contribution in [3.63, 3.8) is 0 Å². The summed E-state index contributed by atoms with van der Waals surface area (Å²) in [5.41, 5.74) is 0.278. The van der Waals surface area contributed by atoms with Gasteiger partial charge in [0.1, 0.15) is 11.3 Å². The largest absolute Gasteiger partial charge is 0.493 e. The van der Waals surface area contributed by atoms with Gasteiger partial charge in [0.15, 0.2) is 11.5 Å². The van der Waals surface area contributed by atoms with Crippen LogP contribution in [0.1, 0.15) is 11.3 Å². The number of rotatable bonds is 5. The lowest BCUT2D eigenvalue weighted by Gasteiger charge is -2.25. The van der Waals surface area contributed by atoms with Gasteiger partial charge in [0.2, 0.25) is 0 Å². The van der Waals surface area contributed by atoms with Crippen molar-refractivity contribution in [3.05, 3.63) is 53.5 Å². The number of nitrogens with one attached hydrogen (secondary N) is 1. The fourth-order valence-corrected chi connectivity index (χ4v) is 2.58. The molecule has 1 aromatic carbocycles. The van der Waals surface area contributed by atoms with E-state index in [9.17, 15) is 14.4 Å². The van der Waals surface area contributed by atoms with Crippen molar-refractivity contribution < 1.29 is 28.3 Å². The van der Waals surface area contributed by atoms with Crippen LogP contribution in [0.25, 0.3) is 6.08 Å². The molecule has 0 radical (unpaired) electrons. The average Bonchev–Trinajstić information content (AvgIpc) is 3.15. The quantitative estimate of drug-likeness (QED) is 0.650. The summed E-state index contributed by atoms with van der Waals surface area (Å²) in [7, 11) is 2.94. The van der Waals surface area contributed by atoms with Gasteiger partial charge < -0.3 is 13.9 Å². The molecule has 1 aliphatic rings. The van der Waals surface area contributed by atoms with Crippen molar-refractivity contribution in [1.29, 1.82) is 0 Å². The van der Waals surface area contributed by atoms with Crippen molar-refractivity contribution in [3.8, 4) is 11.5 Å². The number of urea groups is 1. The molecule has 2 aromatic rings. The predicted molar refractivity (Wildman–Crippen MR) is 90.3 cm³/mol. The van der Waals surface area contributed by atoms with Crippen LogP contribution in [0.15, 0.2) is 46.6 Å². The molecule has 134 valence electrons. The summed E-state index contributed by atoms with van der Waals surface area (Å²) in [4.78, 5) is 37.8. The fraction of sp³-hybridized carbons (Fsp3) is 0.167. The third-order valence-corrected chi connectivity index (χ3v) is 3.81. The van der Waals surface area contributed by atoms with Gasteiger partial charge in [-0.05, 0) is 24.3 Å². The van der Waals surface area contributed by atoms with Crippen molar-refractivity contribution >= 4 is 23.9 Å². The normalized spacial score (nSPS) is 16.0. The summed E-state index contributed by atoms with van der Waals surface area (Å²) in [6.07, 6.45) is 2.80. The van der Waals surface area contributed by atoms with E-state index in [1.807, 2.05) is 0 Å². The van der Waals surface area contributed by atoms with Gasteiger partial charge in [0.05, 0.1) is 27.0 Å². The first-order valence-electron chi connectivity index (χ1n) is 7.67. The van der Waals surface area contributed by atoms with Crippen molar-refractivity contribution in [1.82, 2.24) is 10.2 Å². The number of amides is 4. The molecule has 26 heavy (non-hydrogen) atoms. The van der Waals surface area contributed by atoms with Gasteiger partial charge in [0.25, 0.3) is 11.8 Å². The van der Waals surface area contributed by atoms with Crippen LogP contribution < -0.4 is 14.8 Å². The molecule has 1 aliphatic heterocycles. The van der Waals surface area contributed by atoms with Crippen LogP contribution in [0.4, 0.5) is 4.79 Å². The van der Waals surface area contributed by atoms with Crippen LogP contribution in [0, 0.1) is 0 Å². The Balaban J connectivity index is 1.98. The molecule has 0 unspecified atom stereocenters. The second-order valence-electron chi connectivity index (χ2n) is 5.37. The number of carbonyl (C=O) groups is 3. The Labute approximate surface area is 149 Å². The van der Waals surface area contributed by atoms with E-state index >= 15 is 0 Å². The highest BCUT2D eigenvalue weighted by molar-refractivity contribution is 6.31. The Morgan fingerprint density at radius 1 is 1.12 bits per heavy atom. The standard InChI is InChI=1S/C18H16N2O6/c1-24-14-7-3-5-11(15(14)25-2)9-13-16(21)19-18(23)20(17(13)22)10-12-6-4-8-26-12/h3-9H,10H2,1-2H3,(H,19,21,23)/b13-9+. The summed E-state index contributed by atoms with van der Waals surface area (Å²) >= 11 is 0. The zero-order valence-electron chi connectivity index (χ0n) is 14.1. The van der Waals surface area contributed by atoms with E-state index in [1.54, 1.807) is 30.3 Å². The third-order valence-electron chi connectivity index (χ3n) is 3.81. The fourth-order valence-electron chi connectivity index (χ4n) is 2.58. The smallest absolute Gasteiger partial charge is 0.331 e. The number of furan rings is 1. The highest BCUT2D eigenvalue weighted by Crippen LogP contribution is 2.32. The molecule has 0 spiro atoms. The minimum absolute atomic E-state index is 0.0858. The number of benzene rings is 1. The van der Waals surface area contributed by atoms with E-state index in [-0.39, 0.29) is 12.1 Å². The van der Waals surface area contributed by atoms with Gasteiger partial charge in [-0.15, -0.1) is 0 Å². The minimum atomic E-state index is -0.800. The number of barbiturate groups is 1. The maximum Gasteiger partial charge on any atom is 0.331 e. The van der Waals surface area contributed by atoms with E-state index in [1.165, 1.54) is 26.6 Å². The van der Waals surface area contributed by atoms with Gasteiger partial charge in [-0.1, -0.05) is 12.1 Å². The Bertz CT molecular complexity index is 885. The third kappa shape index (κ3) is 3.16. The Kier molecular flexibility index (Phi) is 4.74. The molecule has 0 aliphatic carbocycles. The van der Waals surface area contributed by atoms with E-state index in [2.05, 4.69) is 5.32 Å². The molecule has 4 amide bonds. The molecule has 1 saturated heterocycles. The molecule has 8 heteroatoms. The van der Waals surface area contributed by atoms with Crippen LogP contribution in [-0.2, 0) is 16.1 Å².